The third-order valence-corrected chi connectivity index (χ3v) is 4.55. The number of carbonyl (C=O) groups excluding carboxylic acids is 2. The molecule has 152 valence electrons. The Morgan fingerprint density at radius 1 is 1.17 bits per heavy atom. The molecule has 29 heavy (non-hydrogen) atoms. The summed E-state index contributed by atoms with van der Waals surface area (Å²) in [6, 6.07) is 11.4. The molecule has 7 nitrogen and oxygen atoms in total. The third-order valence-electron chi connectivity index (χ3n) is 4.08. The predicted molar refractivity (Wildman–Crippen MR) is 117 cm³/mol. The van der Waals surface area contributed by atoms with Crippen molar-refractivity contribution in [3.8, 4) is 6.07 Å². The number of aryl methyl sites for hydroxylation is 2. The first-order valence-corrected chi connectivity index (χ1v) is 9.93. The number of likely N-dealkylation sites (N-methyl/N-ethyl adjacent to an activating group) is 1. The van der Waals surface area contributed by atoms with Crippen molar-refractivity contribution in [2.45, 2.75) is 20.3 Å². The molecule has 0 aliphatic rings. The summed E-state index contributed by atoms with van der Waals surface area (Å²) in [7, 11) is 1.70. The summed E-state index contributed by atoms with van der Waals surface area (Å²) in [5.41, 5.74) is 2.86. The van der Waals surface area contributed by atoms with Crippen LogP contribution in [0.25, 0.3) is 0 Å². The average Bonchev–Trinajstić information content (AvgIpc) is 2.63. The van der Waals surface area contributed by atoms with Gasteiger partial charge in [0.05, 0.1) is 25.6 Å². The SMILES string of the molecule is Cc1cc(C)cc(N(CCC#N)C(=O)CN(C)CC(=O)Nc2ccc(Br)cn2)c1. The fraction of sp³-hybridized carbons (Fsp3) is 0.333. The maximum Gasteiger partial charge on any atom is 0.241 e. The van der Waals surface area contributed by atoms with Crippen LogP contribution in [0.1, 0.15) is 17.5 Å². The number of pyridine rings is 1. The van der Waals surface area contributed by atoms with Gasteiger partial charge >= 0.3 is 0 Å². The van der Waals surface area contributed by atoms with Gasteiger partial charge in [-0.15, -0.1) is 0 Å². The van der Waals surface area contributed by atoms with E-state index in [-0.39, 0.29) is 31.3 Å². The molecule has 2 amide bonds. The van der Waals surface area contributed by atoms with Gasteiger partial charge in [0.15, 0.2) is 0 Å². The Morgan fingerprint density at radius 2 is 1.86 bits per heavy atom. The maximum atomic E-state index is 12.9. The van der Waals surface area contributed by atoms with Crippen molar-refractivity contribution in [1.29, 1.82) is 5.26 Å². The van der Waals surface area contributed by atoms with Gasteiger partial charge < -0.3 is 10.2 Å². The van der Waals surface area contributed by atoms with Crippen molar-refractivity contribution in [3.05, 3.63) is 52.1 Å². The van der Waals surface area contributed by atoms with Crippen LogP contribution in [0.3, 0.4) is 0 Å². The van der Waals surface area contributed by atoms with E-state index in [1.807, 2.05) is 32.0 Å². The zero-order valence-corrected chi connectivity index (χ0v) is 18.4. The molecule has 0 unspecified atom stereocenters. The molecule has 1 heterocycles. The first-order chi connectivity index (χ1) is 13.8. The van der Waals surface area contributed by atoms with Crippen molar-refractivity contribution < 1.29 is 9.59 Å². The largest absolute Gasteiger partial charge is 0.310 e. The molecule has 0 radical (unpaired) electrons. The van der Waals surface area contributed by atoms with E-state index in [2.05, 4.69) is 32.3 Å². The number of carbonyl (C=O) groups is 2. The Labute approximate surface area is 179 Å². The van der Waals surface area contributed by atoms with Crippen molar-refractivity contribution in [1.82, 2.24) is 9.88 Å². The Bertz CT molecular complexity index is 888. The molecule has 1 aromatic carbocycles. The molecule has 0 saturated carbocycles. The highest BCUT2D eigenvalue weighted by atomic mass is 79.9. The molecular formula is C21H24BrN5O2. The van der Waals surface area contributed by atoms with Gasteiger partial charge in [-0.2, -0.15) is 5.26 Å². The van der Waals surface area contributed by atoms with Crippen LogP contribution in [0.5, 0.6) is 0 Å². The number of nitrogens with zero attached hydrogens (tertiary/aromatic N) is 4. The van der Waals surface area contributed by atoms with Gasteiger partial charge in [-0.3, -0.25) is 14.5 Å². The molecule has 0 saturated heterocycles. The van der Waals surface area contributed by atoms with E-state index in [0.29, 0.717) is 12.4 Å². The molecule has 1 aromatic heterocycles. The van der Waals surface area contributed by atoms with Crippen molar-refractivity contribution in [2.75, 3.05) is 36.9 Å². The third kappa shape index (κ3) is 7.29. The lowest BCUT2D eigenvalue weighted by atomic mass is 10.1. The number of benzene rings is 1. The first-order valence-electron chi connectivity index (χ1n) is 9.14. The summed E-state index contributed by atoms with van der Waals surface area (Å²) in [4.78, 5) is 32.4. The number of halogens is 1. The topological polar surface area (TPSA) is 89.3 Å². The standard InChI is InChI=1S/C21H24BrN5O2/c1-15-9-16(2)11-18(10-15)27(8-4-7-23)21(29)14-26(3)13-20(28)25-19-6-5-17(22)12-24-19/h5-6,9-12H,4,8,13-14H2,1-3H3,(H,24,25,28). The van der Waals surface area contributed by atoms with Crippen molar-refractivity contribution >= 4 is 39.2 Å². The van der Waals surface area contributed by atoms with Crippen LogP contribution in [-0.2, 0) is 9.59 Å². The number of rotatable bonds is 8. The van der Waals surface area contributed by atoms with E-state index in [9.17, 15) is 9.59 Å². The Kier molecular flexibility index (Phi) is 8.31. The summed E-state index contributed by atoms with van der Waals surface area (Å²) in [5, 5.41) is 11.7. The van der Waals surface area contributed by atoms with Gasteiger partial charge in [0.2, 0.25) is 11.8 Å². The molecule has 0 fully saturated rings. The second kappa shape index (κ2) is 10.7. The molecule has 8 heteroatoms. The van der Waals surface area contributed by atoms with E-state index in [4.69, 9.17) is 5.26 Å². The summed E-state index contributed by atoms with van der Waals surface area (Å²) < 4.78 is 0.821. The van der Waals surface area contributed by atoms with Crippen molar-refractivity contribution in [3.63, 3.8) is 0 Å². The smallest absolute Gasteiger partial charge is 0.241 e. The fourth-order valence-corrected chi connectivity index (χ4v) is 3.15. The molecule has 0 aliphatic heterocycles. The van der Waals surface area contributed by atoms with E-state index in [0.717, 1.165) is 21.3 Å². The zero-order chi connectivity index (χ0) is 21.4. The minimum absolute atomic E-state index is 0.0441. The van der Waals surface area contributed by atoms with Crippen LogP contribution in [0.15, 0.2) is 41.0 Å². The summed E-state index contributed by atoms with van der Waals surface area (Å²) >= 11 is 3.29. The Hall–Kier alpha value is -2.76. The van der Waals surface area contributed by atoms with Gasteiger partial charge in [0, 0.05) is 22.9 Å². The highest BCUT2D eigenvalue weighted by Gasteiger charge is 2.19. The molecule has 0 bridgehead atoms. The zero-order valence-electron chi connectivity index (χ0n) is 16.8. The predicted octanol–water partition coefficient (Wildman–Crippen LogP) is 3.28. The van der Waals surface area contributed by atoms with Gasteiger partial charge in [-0.1, -0.05) is 6.07 Å². The normalized spacial score (nSPS) is 10.5. The molecule has 0 aliphatic carbocycles. The molecule has 0 atom stereocenters. The number of anilines is 2. The monoisotopic (exact) mass is 457 g/mol. The van der Waals surface area contributed by atoms with Crippen LogP contribution >= 0.6 is 15.9 Å². The van der Waals surface area contributed by atoms with Gasteiger partial charge in [0.25, 0.3) is 0 Å². The lowest BCUT2D eigenvalue weighted by molar-refractivity contribution is -0.121. The lowest BCUT2D eigenvalue weighted by Crippen LogP contribution is -2.42. The Balaban J connectivity index is 2.00. The van der Waals surface area contributed by atoms with Crippen LogP contribution in [-0.4, -0.2) is 48.4 Å². The molecule has 2 rings (SSSR count). The lowest BCUT2D eigenvalue weighted by Gasteiger charge is -2.25. The number of nitriles is 1. The average molecular weight is 458 g/mol. The number of hydrogen-bond acceptors (Lipinski definition) is 5. The number of nitrogens with one attached hydrogen (secondary N) is 1. The van der Waals surface area contributed by atoms with Crippen LogP contribution < -0.4 is 10.2 Å². The van der Waals surface area contributed by atoms with E-state index < -0.39 is 0 Å². The molecule has 1 N–H and O–H groups in total. The highest BCUT2D eigenvalue weighted by molar-refractivity contribution is 9.10. The Morgan fingerprint density at radius 3 is 2.45 bits per heavy atom. The van der Waals surface area contributed by atoms with Gasteiger partial charge in [-0.25, -0.2) is 4.98 Å². The number of aromatic nitrogens is 1. The molecule has 2 aromatic rings. The summed E-state index contributed by atoms with van der Waals surface area (Å²) in [6.45, 7) is 4.34. The van der Waals surface area contributed by atoms with Crippen LogP contribution in [0.4, 0.5) is 11.5 Å². The maximum absolute atomic E-state index is 12.9. The minimum atomic E-state index is -0.259. The number of hydrogen-bond donors (Lipinski definition) is 1. The quantitative estimate of drug-likeness (QED) is 0.656. The summed E-state index contributed by atoms with van der Waals surface area (Å²) in [6.07, 6.45) is 1.83. The van der Waals surface area contributed by atoms with Gasteiger partial charge in [0.1, 0.15) is 5.82 Å². The number of amides is 2. The van der Waals surface area contributed by atoms with Crippen LogP contribution in [0.2, 0.25) is 0 Å². The molecule has 0 spiro atoms. The molecular weight excluding hydrogens is 434 g/mol. The van der Waals surface area contributed by atoms with Crippen LogP contribution in [0, 0.1) is 25.2 Å². The van der Waals surface area contributed by atoms with E-state index in [1.54, 1.807) is 35.2 Å². The fourth-order valence-electron chi connectivity index (χ4n) is 2.92. The van der Waals surface area contributed by atoms with E-state index in [1.165, 1.54) is 0 Å². The van der Waals surface area contributed by atoms with Gasteiger partial charge in [-0.05, 0) is 72.2 Å². The second-order valence-electron chi connectivity index (χ2n) is 6.88. The second-order valence-corrected chi connectivity index (χ2v) is 7.80. The minimum Gasteiger partial charge on any atom is -0.310 e. The van der Waals surface area contributed by atoms with E-state index >= 15 is 0 Å². The highest BCUT2D eigenvalue weighted by Crippen LogP contribution is 2.19. The summed E-state index contributed by atoms with van der Waals surface area (Å²) in [5.74, 6) is 0.0243. The van der Waals surface area contributed by atoms with Crippen molar-refractivity contribution in [2.24, 2.45) is 0 Å². The first kappa shape index (κ1) is 22.5.